The Morgan fingerprint density at radius 2 is 1.96 bits per heavy atom. The summed E-state index contributed by atoms with van der Waals surface area (Å²) in [7, 11) is 0. The summed E-state index contributed by atoms with van der Waals surface area (Å²) >= 11 is 6.02. The average Bonchev–Trinajstić information content (AvgIpc) is 2.45. The van der Waals surface area contributed by atoms with Crippen LogP contribution in [0.4, 0.5) is 13.2 Å². The number of hydrogen-bond donors (Lipinski definition) is 2. The number of ether oxygens (including phenoxy) is 1. The lowest BCUT2D eigenvalue weighted by molar-refractivity contribution is -0.187. The largest absolute Gasteiger partial charge is 0.481 e. The number of benzene rings is 1. The van der Waals surface area contributed by atoms with Gasteiger partial charge in [0.15, 0.2) is 0 Å². The Balaban J connectivity index is 2.47. The van der Waals surface area contributed by atoms with E-state index < -0.39 is 35.7 Å². The molecule has 9 heteroatoms. The summed E-state index contributed by atoms with van der Waals surface area (Å²) in [6, 6.07) is 2.47. The molecule has 0 saturated heterocycles. The fourth-order valence-corrected chi connectivity index (χ4v) is 2.50. The fourth-order valence-electron chi connectivity index (χ4n) is 2.25. The van der Waals surface area contributed by atoms with E-state index in [2.05, 4.69) is 0 Å². The van der Waals surface area contributed by atoms with Crippen LogP contribution in [0.1, 0.15) is 18.1 Å². The van der Waals surface area contributed by atoms with Gasteiger partial charge in [0.2, 0.25) is 6.10 Å². The summed E-state index contributed by atoms with van der Waals surface area (Å²) in [6.07, 6.45) is -6.66. The van der Waals surface area contributed by atoms with Crippen molar-refractivity contribution in [2.75, 3.05) is 0 Å². The number of carboxylic acids is 2. The smallest absolute Gasteiger partial charge is 0.430 e. The Bertz CT molecular complexity index is 727. The lowest BCUT2D eigenvalue weighted by Crippen LogP contribution is -2.40. The predicted molar refractivity (Wildman–Crippen MR) is 78.0 cm³/mol. The highest BCUT2D eigenvalue weighted by atomic mass is 35.5. The van der Waals surface area contributed by atoms with Crippen LogP contribution in [-0.4, -0.2) is 34.4 Å². The van der Waals surface area contributed by atoms with Crippen LogP contribution in [0.25, 0.3) is 6.08 Å². The summed E-state index contributed by atoms with van der Waals surface area (Å²) in [4.78, 5) is 22.0. The Labute approximate surface area is 139 Å². The van der Waals surface area contributed by atoms with Gasteiger partial charge < -0.3 is 14.9 Å². The van der Waals surface area contributed by atoms with Crippen LogP contribution < -0.4 is 4.74 Å². The third-order valence-corrected chi connectivity index (χ3v) is 3.86. The highest BCUT2D eigenvalue weighted by Gasteiger charge is 2.48. The van der Waals surface area contributed by atoms with Crippen molar-refractivity contribution >= 4 is 29.6 Å². The first kappa shape index (κ1) is 18.1. The van der Waals surface area contributed by atoms with Crippen molar-refractivity contribution in [2.45, 2.75) is 25.6 Å². The molecule has 1 aromatic carbocycles. The zero-order valence-corrected chi connectivity index (χ0v) is 13.0. The number of fused-ring (bicyclic) bond motifs is 1. The van der Waals surface area contributed by atoms with Gasteiger partial charge in [-0.05, 0) is 30.2 Å². The molecule has 1 aliphatic rings. The molecule has 1 heterocycles. The Morgan fingerprint density at radius 1 is 1.33 bits per heavy atom. The van der Waals surface area contributed by atoms with Gasteiger partial charge in [-0.3, -0.25) is 4.79 Å². The number of hydrogen-bond acceptors (Lipinski definition) is 3. The summed E-state index contributed by atoms with van der Waals surface area (Å²) in [6.45, 7) is 1.43. The van der Waals surface area contributed by atoms with Crippen LogP contribution in [0.5, 0.6) is 5.75 Å². The van der Waals surface area contributed by atoms with E-state index in [4.69, 9.17) is 26.6 Å². The fraction of sp³-hybridized carbons (Fsp3) is 0.333. The van der Waals surface area contributed by atoms with Crippen LogP contribution in [-0.2, 0) is 16.0 Å². The van der Waals surface area contributed by atoms with Gasteiger partial charge in [-0.15, -0.1) is 0 Å². The summed E-state index contributed by atoms with van der Waals surface area (Å²) < 4.78 is 43.9. The lowest BCUT2D eigenvalue weighted by atomic mass is 9.96. The minimum atomic E-state index is -4.91. The van der Waals surface area contributed by atoms with Crippen molar-refractivity contribution in [1.29, 1.82) is 0 Å². The molecule has 0 aliphatic carbocycles. The minimum absolute atomic E-state index is 0.00298. The third kappa shape index (κ3) is 3.64. The van der Waals surface area contributed by atoms with Gasteiger partial charge in [-0.2, -0.15) is 13.2 Å². The second-order valence-corrected chi connectivity index (χ2v) is 5.78. The van der Waals surface area contributed by atoms with Crippen LogP contribution in [0.3, 0.4) is 0 Å². The van der Waals surface area contributed by atoms with Crippen LogP contribution in [0, 0.1) is 5.92 Å². The summed E-state index contributed by atoms with van der Waals surface area (Å²) in [5, 5.41) is 18.0. The lowest BCUT2D eigenvalue weighted by Gasteiger charge is -2.27. The summed E-state index contributed by atoms with van der Waals surface area (Å²) in [5.41, 5.74) is -0.555. The number of rotatable bonds is 4. The molecule has 0 radical (unpaired) electrons. The zero-order valence-electron chi connectivity index (χ0n) is 12.2. The highest BCUT2D eigenvalue weighted by Crippen LogP contribution is 2.39. The van der Waals surface area contributed by atoms with E-state index in [1.807, 2.05) is 0 Å². The molecule has 0 fully saturated rings. The molecular formula is C15H12ClF3O5. The quantitative estimate of drug-likeness (QED) is 0.855. The van der Waals surface area contributed by atoms with Crippen molar-refractivity contribution in [3.63, 3.8) is 0 Å². The normalized spacial score (nSPS) is 18.2. The Hall–Kier alpha value is -2.22. The zero-order chi connectivity index (χ0) is 18.2. The number of carboxylic acid groups (broad SMARTS) is 2. The van der Waals surface area contributed by atoms with Gasteiger partial charge >= 0.3 is 18.1 Å². The van der Waals surface area contributed by atoms with Crippen LogP contribution >= 0.6 is 11.6 Å². The molecule has 2 rings (SSSR count). The maximum Gasteiger partial charge on any atom is 0.430 e. The van der Waals surface area contributed by atoms with E-state index in [1.54, 1.807) is 0 Å². The van der Waals surface area contributed by atoms with E-state index in [0.717, 1.165) is 6.08 Å². The first-order chi connectivity index (χ1) is 11.0. The van der Waals surface area contributed by atoms with Gasteiger partial charge in [0.1, 0.15) is 5.75 Å². The maximum absolute atomic E-state index is 13.0. The van der Waals surface area contributed by atoms with E-state index >= 15 is 0 Å². The van der Waals surface area contributed by atoms with Gasteiger partial charge in [0.25, 0.3) is 0 Å². The molecule has 0 aromatic heterocycles. The molecular weight excluding hydrogens is 353 g/mol. The standard InChI is InChI=1S/C15H12ClF3O5/c1-6(13(20)21)2-7-5-11-8(4-10(7)16)3-9(14(22)23)12(24-11)15(17,18)19/h3-6,12H,2H2,1H3,(H,20,21)(H,22,23). The van der Waals surface area contributed by atoms with Gasteiger partial charge in [0.05, 0.1) is 11.5 Å². The third-order valence-electron chi connectivity index (χ3n) is 3.51. The predicted octanol–water partition coefficient (Wildman–Crippen LogP) is 3.39. The van der Waals surface area contributed by atoms with Gasteiger partial charge in [0, 0.05) is 10.6 Å². The van der Waals surface area contributed by atoms with Gasteiger partial charge in [-0.1, -0.05) is 18.5 Å². The molecule has 2 unspecified atom stereocenters. The van der Waals surface area contributed by atoms with Crippen molar-refractivity contribution in [2.24, 2.45) is 5.92 Å². The first-order valence-corrected chi connectivity index (χ1v) is 7.12. The highest BCUT2D eigenvalue weighted by molar-refractivity contribution is 6.31. The molecule has 0 amide bonds. The van der Waals surface area contributed by atoms with Crippen molar-refractivity contribution < 1.29 is 37.7 Å². The van der Waals surface area contributed by atoms with Crippen molar-refractivity contribution in [3.8, 4) is 5.75 Å². The first-order valence-electron chi connectivity index (χ1n) is 6.74. The van der Waals surface area contributed by atoms with Crippen molar-refractivity contribution in [3.05, 3.63) is 33.9 Å². The second kappa shape index (κ2) is 6.35. The van der Waals surface area contributed by atoms with E-state index in [9.17, 15) is 22.8 Å². The number of aliphatic carboxylic acids is 2. The molecule has 2 N–H and O–H groups in total. The Kier molecular flexibility index (Phi) is 4.80. The number of halogens is 4. The molecule has 130 valence electrons. The van der Waals surface area contributed by atoms with E-state index in [0.29, 0.717) is 5.56 Å². The molecule has 0 spiro atoms. The topological polar surface area (TPSA) is 83.8 Å². The SMILES string of the molecule is CC(Cc1cc2c(cc1Cl)C=C(C(=O)O)C(C(F)(F)F)O2)C(=O)O. The maximum atomic E-state index is 13.0. The molecule has 5 nitrogen and oxygen atoms in total. The number of alkyl halides is 3. The molecule has 2 atom stereocenters. The molecule has 0 saturated carbocycles. The van der Waals surface area contributed by atoms with Crippen LogP contribution in [0.15, 0.2) is 17.7 Å². The van der Waals surface area contributed by atoms with Crippen LogP contribution in [0.2, 0.25) is 5.02 Å². The van der Waals surface area contributed by atoms with E-state index in [1.165, 1.54) is 19.1 Å². The van der Waals surface area contributed by atoms with E-state index in [-0.39, 0.29) is 22.8 Å². The molecule has 1 aromatic rings. The molecule has 0 bridgehead atoms. The monoisotopic (exact) mass is 364 g/mol. The minimum Gasteiger partial charge on any atom is -0.481 e. The van der Waals surface area contributed by atoms with Crippen molar-refractivity contribution in [1.82, 2.24) is 0 Å². The Morgan fingerprint density at radius 3 is 2.46 bits per heavy atom. The molecule has 24 heavy (non-hydrogen) atoms. The van der Waals surface area contributed by atoms with Gasteiger partial charge in [-0.25, -0.2) is 4.79 Å². The molecule has 1 aliphatic heterocycles. The summed E-state index contributed by atoms with van der Waals surface area (Å²) in [5.74, 6) is -3.82. The number of carbonyl (C=O) groups is 2. The average molecular weight is 365 g/mol. The second-order valence-electron chi connectivity index (χ2n) is 5.37.